The number of anilines is 1. The van der Waals surface area contributed by atoms with Crippen molar-refractivity contribution in [1.82, 2.24) is 0 Å². The van der Waals surface area contributed by atoms with Crippen LogP contribution in [-0.2, 0) is 0 Å². The van der Waals surface area contributed by atoms with Crippen LogP contribution in [0.25, 0.3) is 0 Å². The van der Waals surface area contributed by atoms with Crippen molar-refractivity contribution in [2.24, 2.45) is 5.92 Å². The molecule has 0 radical (unpaired) electrons. The third-order valence-electron chi connectivity index (χ3n) is 3.69. The Morgan fingerprint density at radius 1 is 1.38 bits per heavy atom. The summed E-state index contributed by atoms with van der Waals surface area (Å²) in [5.74, 6) is 0.865. The van der Waals surface area contributed by atoms with Crippen molar-refractivity contribution in [3.05, 3.63) is 28.2 Å². The van der Waals surface area contributed by atoms with Crippen LogP contribution in [0.4, 0.5) is 5.69 Å². The van der Waals surface area contributed by atoms with Gasteiger partial charge in [0.15, 0.2) is 0 Å². The van der Waals surface area contributed by atoms with E-state index in [1.807, 2.05) is 0 Å². The SMILES string of the molecule is CCC1CCCC1Nc1ccc(Br)c(C)c1. The van der Waals surface area contributed by atoms with Crippen LogP contribution in [-0.4, -0.2) is 6.04 Å². The van der Waals surface area contributed by atoms with Gasteiger partial charge in [0.2, 0.25) is 0 Å². The van der Waals surface area contributed by atoms with E-state index >= 15 is 0 Å². The van der Waals surface area contributed by atoms with E-state index < -0.39 is 0 Å². The minimum absolute atomic E-state index is 0.686. The second-order valence-electron chi connectivity index (χ2n) is 4.81. The molecule has 2 unspecified atom stereocenters. The Kier molecular flexibility index (Phi) is 3.91. The van der Waals surface area contributed by atoms with Crippen LogP contribution in [0.1, 0.15) is 38.2 Å². The Balaban J connectivity index is 2.05. The second kappa shape index (κ2) is 5.22. The van der Waals surface area contributed by atoms with Gasteiger partial charge in [-0.3, -0.25) is 0 Å². The van der Waals surface area contributed by atoms with Crippen LogP contribution in [0, 0.1) is 12.8 Å². The molecular weight excluding hydrogens is 262 g/mol. The van der Waals surface area contributed by atoms with Crippen LogP contribution in [0.15, 0.2) is 22.7 Å². The molecule has 1 saturated carbocycles. The highest BCUT2D eigenvalue weighted by Gasteiger charge is 2.25. The van der Waals surface area contributed by atoms with Crippen LogP contribution in [0.2, 0.25) is 0 Å². The highest BCUT2D eigenvalue weighted by molar-refractivity contribution is 9.10. The largest absolute Gasteiger partial charge is 0.382 e. The quantitative estimate of drug-likeness (QED) is 0.843. The number of hydrogen-bond donors (Lipinski definition) is 1. The number of benzene rings is 1. The summed E-state index contributed by atoms with van der Waals surface area (Å²) in [7, 11) is 0. The first-order valence-electron chi connectivity index (χ1n) is 6.23. The summed E-state index contributed by atoms with van der Waals surface area (Å²) in [5, 5.41) is 3.69. The maximum atomic E-state index is 3.69. The van der Waals surface area contributed by atoms with Gasteiger partial charge in [0, 0.05) is 16.2 Å². The third-order valence-corrected chi connectivity index (χ3v) is 4.58. The van der Waals surface area contributed by atoms with Crippen molar-refractivity contribution in [3.63, 3.8) is 0 Å². The molecule has 16 heavy (non-hydrogen) atoms. The Bertz CT molecular complexity index is 362. The topological polar surface area (TPSA) is 12.0 Å². The second-order valence-corrected chi connectivity index (χ2v) is 5.67. The van der Waals surface area contributed by atoms with E-state index in [-0.39, 0.29) is 0 Å². The molecular formula is C14H20BrN. The molecule has 0 heterocycles. The van der Waals surface area contributed by atoms with Gasteiger partial charge in [0.25, 0.3) is 0 Å². The first kappa shape index (κ1) is 12.0. The Morgan fingerprint density at radius 2 is 2.19 bits per heavy atom. The van der Waals surface area contributed by atoms with E-state index in [1.165, 1.54) is 41.4 Å². The van der Waals surface area contributed by atoms with Crippen molar-refractivity contribution in [1.29, 1.82) is 0 Å². The molecule has 1 aromatic rings. The van der Waals surface area contributed by atoms with Gasteiger partial charge in [0.05, 0.1) is 0 Å². The molecule has 1 nitrogen and oxygen atoms in total. The summed E-state index contributed by atoms with van der Waals surface area (Å²) in [6.07, 6.45) is 5.40. The van der Waals surface area contributed by atoms with Crippen LogP contribution in [0.3, 0.4) is 0 Å². The number of aryl methyl sites for hydroxylation is 1. The molecule has 0 aliphatic heterocycles. The molecule has 1 aliphatic carbocycles. The lowest BCUT2D eigenvalue weighted by molar-refractivity contribution is 0.489. The highest BCUT2D eigenvalue weighted by Crippen LogP contribution is 2.31. The zero-order chi connectivity index (χ0) is 11.5. The van der Waals surface area contributed by atoms with Gasteiger partial charge in [-0.05, 0) is 49.4 Å². The van der Waals surface area contributed by atoms with E-state index in [0.717, 1.165) is 5.92 Å². The van der Waals surface area contributed by atoms with Crippen molar-refractivity contribution in [2.45, 2.75) is 45.6 Å². The Morgan fingerprint density at radius 3 is 2.88 bits per heavy atom. The van der Waals surface area contributed by atoms with Crippen molar-refractivity contribution in [3.8, 4) is 0 Å². The van der Waals surface area contributed by atoms with E-state index in [9.17, 15) is 0 Å². The fourth-order valence-corrected chi connectivity index (χ4v) is 2.91. The maximum Gasteiger partial charge on any atom is 0.0345 e. The summed E-state index contributed by atoms with van der Waals surface area (Å²) < 4.78 is 1.19. The van der Waals surface area contributed by atoms with E-state index in [4.69, 9.17) is 0 Å². The smallest absolute Gasteiger partial charge is 0.0345 e. The zero-order valence-corrected chi connectivity index (χ0v) is 11.7. The van der Waals surface area contributed by atoms with Crippen LogP contribution < -0.4 is 5.32 Å². The fraction of sp³-hybridized carbons (Fsp3) is 0.571. The fourth-order valence-electron chi connectivity index (χ4n) is 2.66. The molecule has 1 N–H and O–H groups in total. The standard InChI is InChI=1S/C14H20BrN/c1-3-11-5-4-6-14(11)16-12-7-8-13(15)10(2)9-12/h7-9,11,14,16H,3-6H2,1-2H3. The molecule has 2 atom stereocenters. The summed E-state index contributed by atoms with van der Waals surface area (Å²) >= 11 is 3.54. The van der Waals surface area contributed by atoms with Crippen molar-refractivity contribution >= 4 is 21.6 Å². The minimum atomic E-state index is 0.686. The summed E-state index contributed by atoms with van der Waals surface area (Å²) in [6.45, 7) is 4.44. The molecule has 0 spiro atoms. The Labute approximate surface area is 107 Å². The summed E-state index contributed by atoms with van der Waals surface area (Å²) in [6, 6.07) is 7.22. The molecule has 1 fully saturated rings. The van der Waals surface area contributed by atoms with Crippen LogP contribution in [0.5, 0.6) is 0 Å². The first-order valence-corrected chi connectivity index (χ1v) is 7.02. The average molecular weight is 282 g/mol. The molecule has 0 bridgehead atoms. The molecule has 0 aromatic heterocycles. The molecule has 88 valence electrons. The van der Waals surface area contributed by atoms with Gasteiger partial charge < -0.3 is 5.32 Å². The molecule has 1 aromatic carbocycles. The summed E-state index contributed by atoms with van der Waals surface area (Å²) in [4.78, 5) is 0. The number of hydrogen-bond acceptors (Lipinski definition) is 1. The lowest BCUT2D eigenvalue weighted by atomic mass is 10.0. The van der Waals surface area contributed by atoms with E-state index in [0.29, 0.717) is 6.04 Å². The molecule has 2 heteroatoms. The normalized spacial score (nSPS) is 24.7. The predicted octanol–water partition coefficient (Wildman–Crippen LogP) is 4.75. The van der Waals surface area contributed by atoms with Crippen LogP contribution >= 0.6 is 15.9 Å². The predicted molar refractivity (Wildman–Crippen MR) is 73.9 cm³/mol. The maximum absolute atomic E-state index is 3.69. The number of halogens is 1. The lowest BCUT2D eigenvalue weighted by Gasteiger charge is -2.21. The average Bonchev–Trinajstić information content (AvgIpc) is 2.71. The van der Waals surface area contributed by atoms with Gasteiger partial charge in [-0.15, -0.1) is 0 Å². The molecule has 0 amide bonds. The molecule has 1 aliphatic rings. The van der Waals surface area contributed by atoms with Gasteiger partial charge in [-0.1, -0.05) is 35.7 Å². The van der Waals surface area contributed by atoms with Gasteiger partial charge in [-0.25, -0.2) is 0 Å². The monoisotopic (exact) mass is 281 g/mol. The van der Waals surface area contributed by atoms with Gasteiger partial charge >= 0.3 is 0 Å². The van der Waals surface area contributed by atoms with Crippen molar-refractivity contribution in [2.75, 3.05) is 5.32 Å². The van der Waals surface area contributed by atoms with Crippen molar-refractivity contribution < 1.29 is 0 Å². The molecule has 0 saturated heterocycles. The number of rotatable bonds is 3. The number of nitrogens with one attached hydrogen (secondary N) is 1. The Hall–Kier alpha value is -0.500. The molecule has 2 rings (SSSR count). The van der Waals surface area contributed by atoms with Gasteiger partial charge in [-0.2, -0.15) is 0 Å². The zero-order valence-electron chi connectivity index (χ0n) is 10.1. The summed E-state index contributed by atoms with van der Waals surface area (Å²) in [5.41, 5.74) is 2.57. The van der Waals surface area contributed by atoms with E-state index in [2.05, 4.69) is 53.3 Å². The first-order chi connectivity index (χ1) is 7.70. The van der Waals surface area contributed by atoms with Gasteiger partial charge in [0.1, 0.15) is 0 Å². The highest BCUT2D eigenvalue weighted by atomic mass is 79.9. The minimum Gasteiger partial charge on any atom is -0.382 e. The van der Waals surface area contributed by atoms with E-state index in [1.54, 1.807) is 0 Å². The third kappa shape index (κ3) is 2.60. The lowest BCUT2D eigenvalue weighted by Crippen LogP contribution is -2.23.